The maximum atomic E-state index is 12.5. The third-order valence-electron chi connectivity index (χ3n) is 1.04. The molecule has 3 nitrogen and oxygen atoms in total. The van der Waals surface area contributed by atoms with E-state index in [2.05, 4.69) is 22.0 Å². The third kappa shape index (κ3) is 1.74. The Balaban J connectivity index is 3.15. The van der Waals surface area contributed by atoms with Gasteiger partial charge < -0.3 is 0 Å². The van der Waals surface area contributed by atoms with Crippen LogP contribution < -0.4 is 0 Å². The van der Waals surface area contributed by atoms with Crippen molar-refractivity contribution in [2.24, 2.45) is 0 Å². The minimum absolute atomic E-state index is 0.0722. The largest absolute Gasteiger partial charge is 0.278 e. The normalized spacial score (nSPS) is 9.64. The molecule has 0 aliphatic carbocycles. The number of rotatable bonds is 1. The molecule has 0 N–H and O–H groups in total. The van der Waals surface area contributed by atoms with E-state index in [1.54, 1.807) is 0 Å². The molecule has 0 unspecified atom stereocenters. The highest BCUT2D eigenvalue weighted by atomic mass is 79.9. The van der Waals surface area contributed by atoms with Crippen molar-refractivity contribution >= 4 is 21.6 Å². The van der Waals surface area contributed by atoms with Gasteiger partial charge in [0, 0.05) is 6.07 Å². The second-order valence-corrected chi connectivity index (χ2v) is 2.63. The van der Waals surface area contributed by atoms with Gasteiger partial charge in [0.2, 0.25) is 0 Å². The van der Waals surface area contributed by atoms with Gasteiger partial charge in [-0.15, -0.1) is 0 Å². The van der Waals surface area contributed by atoms with Crippen LogP contribution in [-0.4, -0.2) is 4.92 Å². The van der Waals surface area contributed by atoms with Gasteiger partial charge in [-0.05, 0) is 22.0 Å². The van der Waals surface area contributed by atoms with Crippen LogP contribution >= 0.6 is 15.9 Å². The number of halogens is 2. The Morgan fingerprint density at radius 2 is 2.36 bits per heavy atom. The first-order valence-electron chi connectivity index (χ1n) is 2.62. The summed E-state index contributed by atoms with van der Waals surface area (Å²) in [5, 5.41) is 10.1. The highest BCUT2D eigenvalue weighted by molar-refractivity contribution is 9.10. The highest BCUT2D eigenvalue weighted by Gasteiger charge is 2.08. The van der Waals surface area contributed by atoms with Crippen LogP contribution in [0.5, 0.6) is 0 Å². The van der Waals surface area contributed by atoms with Crippen LogP contribution in [0.4, 0.5) is 10.1 Å². The molecule has 0 spiro atoms. The summed E-state index contributed by atoms with van der Waals surface area (Å²) in [7, 11) is 0. The smallest absolute Gasteiger partial charge is 0.258 e. The topological polar surface area (TPSA) is 43.1 Å². The number of hydrogen-bond acceptors (Lipinski definition) is 2. The molecule has 11 heavy (non-hydrogen) atoms. The predicted octanol–water partition coefficient (Wildman–Crippen LogP) is 2.30. The molecule has 1 aromatic carbocycles. The maximum Gasteiger partial charge on any atom is 0.278 e. The zero-order valence-electron chi connectivity index (χ0n) is 5.17. The molecule has 5 heteroatoms. The van der Waals surface area contributed by atoms with Crippen LogP contribution in [0, 0.1) is 22.0 Å². The van der Waals surface area contributed by atoms with Crippen LogP contribution in [0.3, 0.4) is 0 Å². The third-order valence-corrected chi connectivity index (χ3v) is 1.64. The average Bonchev–Trinajstić information content (AvgIpc) is 1.94. The molecular formula is C6H2BrFNO2. The Kier molecular flexibility index (Phi) is 2.19. The zero-order chi connectivity index (χ0) is 8.43. The highest BCUT2D eigenvalue weighted by Crippen LogP contribution is 2.20. The van der Waals surface area contributed by atoms with E-state index in [9.17, 15) is 14.5 Å². The van der Waals surface area contributed by atoms with E-state index >= 15 is 0 Å². The standard InChI is InChI=1S/C6H2BrFNO2/c7-5-3-4(9(10)11)1-2-6(5)8/h2-3H. The lowest BCUT2D eigenvalue weighted by Gasteiger charge is -1.92. The number of benzene rings is 1. The minimum atomic E-state index is -0.635. The number of nitro groups is 1. The summed E-state index contributed by atoms with van der Waals surface area (Å²) in [5.74, 6) is -0.560. The number of nitro benzene ring substituents is 1. The van der Waals surface area contributed by atoms with E-state index in [1.165, 1.54) is 0 Å². The van der Waals surface area contributed by atoms with Crippen LogP contribution in [0.1, 0.15) is 0 Å². The molecule has 0 heterocycles. The number of hydrogen-bond donors (Lipinski definition) is 0. The Morgan fingerprint density at radius 3 is 2.82 bits per heavy atom. The summed E-state index contributed by atoms with van der Waals surface area (Å²) in [5.41, 5.74) is -0.252. The van der Waals surface area contributed by atoms with Gasteiger partial charge in [-0.2, -0.15) is 0 Å². The Labute approximate surface area is 70.1 Å². The van der Waals surface area contributed by atoms with Crippen molar-refractivity contribution in [2.75, 3.05) is 0 Å². The van der Waals surface area contributed by atoms with Gasteiger partial charge in [-0.1, -0.05) is 0 Å². The van der Waals surface area contributed by atoms with Crippen molar-refractivity contribution in [3.63, 3.8) is 0 Å². The fourth-order valence-corrected chi connectivity index (χ4v) is 0.874. The second kappa shape index (κ2) is 2.96. The number of nitrogens with zero attached hydrogens (tertiary/aromatic N) is 1. The maximum absolute atomic E-state index is 12.5. The molecule has 0 bridgehead atoms. The van der Waals surface area contributed by atoms with Crippen LogP contribution in [0.15, 0.2) is 16.6 Å². The van der Waals surface area contributed by atoms with E-state index in [0.717, 1.165) is 12.1 Å². The molecule has 0 saturated carbocycles. The minimum Gasteiger partial charge on any atom is -0.258 e. The van der Waals surface area contributed by atoms with Crippen molar-refractivity contribution in [1.82, 2.24) is 0 Å². The van der Waals surface area contributed by atoms with Crippen molar-refractivity contribution in [3.8, 4) is 0 Å². The molecule has 0 amide bonds. The average molecular weight is 219 g/mol. The molecule has 0 saturated heterocycles. The predicted molar refractivity (Wildman–Crippen MR) is 39.6 cm³/mol. The van der Waals surface area contributed by atoms with E-state index in [-0.39, 0.29) is 10.2 Å². The molecule has 0 aliphatic heterocycles. The second-order valence-electron chi connectivity index (χ2n) is 1.77. The molecule has 0 aliphatic rings. The van der Waals surface area contributed by atoms with Crippen molar-refractivity contribution < 1.29 is 9.31 Å². The summed E-state index contributed by atoms with van der Waals surface area (Å²) in [6, 6.07) is 4.16. The molecule has 1 aromatic rings. The lowest BCUT2D eigenvalue weighted by Crippen LogP contribution is -1.88. The zero-order valence-corrected chi connectivity index (χ0v) is 6.76. The molecule has 0 fully saturated rings. The van der Waals surface area contributed by atoms with Gasteiger partial charge in [0.15, 0.2) is 0 Å². The Bertz CT molecular complexity index is 303. The fourth-order valence-electron chi connectivity index (χ4n) is 0.542. The first-order valence-corrected chi connectivity index (χ1v) is 3.41. The van der Waals surface area contributed by atoms with Gasteiger partial charge >= 0.3 is 0 Å². The van der Waals surface area contributed by atoms with Crippen molar-refractivity contribution in [3.05, 3.63) is 38.6 Å². The molecule has 1 radical (unpaired) electrons. The molecule has 57 valence electrons. The lowest BCUT2D eigenvalue weighted by atomic mass is 10.3. The van der Waals surface area contributed by atoms with Gasteiger partial charge in [-0.3, -0.25) is 10.1 Å². The van der Waals surface area contributed by atoms with Crippen LogP contribution in [-0.2, 0) is 0 Å². The summed E-state index contributed by atoms with van der Waals surface area (Å²) in [6.07, 6.45) is 0. The van der Waals surface area contributed by atoms with Crippen molar-refractivity contribution in [1.29, 1.82) is 0 Å². The Morgan fingerprint density at radius 1 is 1.73 bits per heavy atom. The van der Waals surface area contributed by atoms with Crippen molar-refractivity contribution in [2.45, 2.75) is 0 Å². The van der Waals surface area contributed by atoms with E-state index in [0.29, 0.717) is 0 Å². The first-order chi connectivity index (χ1) is 5.11. The van der Waals surface area contributed by atoms with Gasteiger partial charge in [0.05, 0.1) is 15.5 Å². The van der Waals surface area contributed by atoms with Gasteiger partial charge in [0.1, 0.15) is 5.82 Å². The molecule has 1 rings (SSSR count). The first kappa shape index (κ1) is 8.13. The molecule has 0 aromatic heterocycles. The number of non-ortho nitro benzene ring substituents is 1. The monoisotopic (exact) mass is 218 g/mol. The van der Waals surface area contributed by atoms with E-state index < -0.39 is 10.7 Å². The Hall–Kier alpha value is -0.970. The fraction of sp³-hybridized carbons (Fsp3) is 0. The summed E-state index contributed by atoms with van der Waals surface area (Å²) < 4.78 is 12.5. The van der Waals surface area contributed by atoms with Gasteiger partial charge in [0.25, 0.3) is 5.69 Å². The summed E-state index contributed by atoms with van der Waals surface area (Å²) in [4.78, 5) is 9.46. The van der Waals surface area contributed by atoms with E-state index in [1.807, 2.05) is 0 Å². The quantitative estimate of drug-likeness (QED) is 0.537. The van der Waals surface area contributed by atoms with Crippen LogP contribution in [0.2, 0.25) is 0 Å². The van der Waals surface area contributed by atoms with Crippen LogP contribution in [0.25, 0.3) is 0 Å². The summed E-state index contributed by atoms with van der Waals surface area (Å²) >= 11 is 2.81. The summed E-state index contributed by atoms with van der Waals surface area (Å²) in [6.45, 7) is 0. The molecular weight excluding hydrogens is 217 g/mol. The van der Waals surface area contributed by atoms with Gasteiger partial charge in [-0.25, -0.2) is 4.39 Å². The SMILES string of the molecule is O=[N+]([O-])c1[c]cc(F)c(Br)c1. The lowest BCUT2D eigenvalue weighted by molar-refractivity contribution is -0.385. The van der Waals surface area contributed by atoms with E-state index in [4.69, 9.17) is 0 Å². The molecule has 0 atom stereocenters.